The highest BCUT2D eigenvalue weighted by Crippen LogP contribution is 2.34. The number of carbonyl (C=O) groups excluding carboxylic acids is 1. The SMILES string of the molecule is O=C(O)c1cccc(Oc2cnc(NC(=O)C(OC3CCOCC3)c3ccc(S(=O)(=O)C4CCCC4)cc3)s2)c1. The van der Waals surface area contributed by atoms with Crippen LogP contribution in [0.1, 0.15) is 60.6 Å². The molecule has 0 spiro atoms. The van der Waals surface area contributed by atoms with Gasteiger partial charge in [-0.25, -0.2) is 18.2 Å². The zero-order chi connectivity index (χ0) is 28.1. The standard InChI is InChI=1S/C28H30N2O8S2/c31-26(30-28-29-17-24(39-28)37-21-5-3-4-19(16-21)27(32)33)25(38-20-12-14-36-15-13-20)18-8-10-23(11-9-18)40(34,35)22-6-1-2-7-22/h3-5,8-11,16-17,20,22,25H,1-2,6-7,12-15H2,(H,32,33)(H,29,30,31). The highest BCUT2D eigenvalue weighted by atomic mass is 32.2. The molecule has 1 aromatic heterocycles. The summed E-state index contributed by atoms with van der Waals surface area (Å²) in [4.78, 5) is 29.1. The molecule has 0 bridgehead atoms. The van der Waals surface area contributed by atoms with Crippen molar-refractivity contribution in [3.8, 4) is 10.8 Å². The molecule has 12 heteroatoms. The lowest BCUT2D eigenvalue weighted by Crippen LogP contribution is -2.31. The number of hydrogen-bond acceptors (Lipinski definition) is 9. The van der Waals surface area contributed by atoms with Crippen molar-refractivity contribution in [2.75, 3.05) is 18.5 Å². The number of sulfone groups is 1. The first kappa shape index (κ1) is 28.2. The van der Waals surface area contributed by atoms with Gasteiger partial charge in [-0.15, -0.1) is 0 Å². The van der Waals surface area contributed by atoms with E-state index in [9.17, 15) is 23.1 Å². The zero-order valence-electron chi connectivity index (χ0n) is 21.7. The number of benzene rings is 2. The van der Waals surface area contributed by atoms with Gasteiger partial charge in [0, 0.05) is 13.2 Å². The molecule has 3 aromatic rings. The molecule has 2 aromatic carbocycles. The fourth-order valence-corrected chi connectivity index (χ4v) is 7.41. The van der Waals surface area contributed by atoms with Gasteiger partial charge in [0.1, 0.15) is 5.75 Å². The number of aromatic carboxylic acids is 1. The van der Waals surface area contributed by atoms with Crippen LogP contribution in [0.15, 0.2) is 59.6 Å². The summed E-state index contributed by atoms with van der Waals surface area (Å²) in [6.45, 7) is 1.07. The Balaban J connectivity index is 1.31. The molecule has 2 aliphatic rings. The lowest BCUT2D eigenvalue weighted by molar-refractivity contribution is -0.136. The van der Waals surface area contributed by atoms with Crippen LogP contribution in [0.25, 0.3) is 0 Å². The maximum atomic E-state index is 13.4. The van der Waals surface area contributed by atoms with E-state index in [1.807, 2.05) is 0 Å². The number of nitrogens with zero attached hydrogens (tertiary/aromatic N) is 1. The van der Waals surface area contributed by atoms with E-state index in [1.54, 1.807) is 36.4 Å². The number of carboxylic acids is 1. The van der Waals surface area contributed by atoms with Crippen LogP contribution in [-0.2, 0) is 24.1 Å². The quantitative estimate of drug-likeness (QED) is 0.327. The molecule has 1 atom stereocenters. The normalized spacial score (nSPS) is 17.4. The molecule has 212 valence electrons. The first-order chi connectivity index (χ1) is 19.3. The van der Waals surface area contributed by atoms with E-state index >= 15 is 0 Å². The van der Waals surface area contributed by atoms with Gasteiger partial charge in [0.2, 0.25) is 5.06 Å². The molecule has 2 N–H and O–H groups in total. The van der Waals surface area contributed by atoms with Crippen LogP contribution in [0.5, 0.6) is 10.8 Å². The summed E-state index contributed by atoms with van der Waals surface area (Å²) in [7, 11) is -3.42. The third-order valence-corrected chi connectivity index (χ3v) is 10.1. The fourth-order valence-electron chi connectivity index (χ4n) is 4.86. The highest BCUT2D eigenvalue weighted by Gasteiger charge is 2.32. The number of hydrogen-bond donors (Lipinski definition) is 2. The van der Waals surface area contributed by atoms with Gasteiger partial charge in [-0.1, -0.05) is 42.4 Å². The predicted octanol–water partition coefficient (Wildman–Crippen LogP) is 5.23. The van der Waals surface area contributed by atoms with Crippen molar-refractivity contribution in [3.63, 3.8) is 0 Å². The van der Waals surface area contributed by atoms with E-state index in [2.05, 4.69) is 10.3 Å². The molecule has 1 amide bonds. The fraction of sp³-hybridized carbons (Fsp3) is 0.393. The molecule has 1 saturated heterocycles. The van der Waals surface area contributed by atoms with Crippen LogP contribution in [0.4, 0.5) is 5.13 Å². The summed E-state index contributed by atoms with van der Waals surface area (Å²) < 4.78 is 43.4. The van der Waals surface area contributed by atoms with Crippen molar-refractivity contribution in [1.82, 2.24) is 4.98 Å². The van der Waals surface area contributed by atoms with Gasteiger partial charge < -0.3 is 19.3 Å². The molecule has 2 fully saturated rings. The minimum atomic E-state index is -3.42. The minimum absolute atomic E-state index is 0.0886. The number of aromatic nitrogens is 1. The summed E-state index contributed by atoms with van der Waals surface area (Å²) in [5, 5.41) is 12.2. The van der Waals surface area contributed by atoms with Crippen molar-refractivity contribution in [2.45, 2.75) is 60.9 Å². The summed E-state index contributed by atoms with van der Waals surface area (Å²) in [6.07, 6.45) is 4.72. The molecule has 10 nitrogen and oxygen atoms in total. The Hall–Kier alpha value is -3.32. The van der Waals surface area contributed by atoms with Gasteiger partial charge in [-0.3, -0.25) is 10.1 Å². The van der Waals surface area contributed by atoms with E-state index in [-0.39, 0.29) is 26.9 Å². The average Bonchev–Trinajstić information content (AvgIpc) is 3.66. The second kappa shape index (κ2) is 12.5. The minimum Gasteiger partial charge on any atom is -0.478 e. The summed E-state index contributed by atoms with van der Waals surface area (Å²) in [6, 6.07) is 12.4. The lowest BCUT2D eigenvalue weighted by Gasteiger charge is -2.27. The number of carboxylic acid groups (broad SMARTS) is 1. The molecule has 2 heterocycles. The van der Waals surface area contributed by atoms with Gasteiger partial charge in [0.25, 0.3) is 5.91 Å². The van der Waals surface area contributed by atoms with Crippen molar-refractivity contribution >= 4 is 38.2 Å². The van der Waals surface area contributed by atoms with Crippen molar-refractivity contribution in [3.05, 3.63) is 65.9 Å². The Morgan fingerprint density at radius 3 is 2.48 bits per heavy atom. The second-order valence-electron chi connectivity index (χ2n) is 9.76. The maximum Gasteiger partial charge on any atom is 0.335 e. The van der Waals surface area contributed by atoms with Crippen molar-refractivity contribution < 1.29 is 37.3 Å². The molecule has 0 radical (unpaired) electrons. The third-order valence-electron chi connectivity index (χ3n) is 7.00. The summed E-state index contributed by atoms with van der Waals surface area (Å²) >= 11 is 1.08. The Kier molecular flexibility index (Phi) is 8.79. The molecule has 1 unspecified atom stereocenters. The Labute approximate surface area is 236 Å². The molecular weight excluding hydrogens is 556 g/mol. The number of carbonyl (C=O) groups is 2. The van der Waals surface area contributed by atoms with Gasteiger partial charge in [-0.2, -0.15) is 0 Å². The Morgan fingerprint density at radius 1 is 1.05 bits per heavy atom. The molecule has 1 aliphatic heterocycles. The van der Waals surface area contributed by atoms with Gasteiger partial charge >= 0.3 is 5.97 Å². The van der Waals surface area contributed by atoms with Crippen LogP contribution in [0.3, 0.4) is 0 Å². The van der Waals surface area contributed by atoms with E-state index in [0.29, 0.717) is 55.3 Å². The highest BCUT2D eigenvalue weighted by molar-refractivity contribution is 7.92. The molecule has 1 saturated carbocycles. The maximum absolute atomic E-state index is 13.4. The monoisotopic (exact) mass is 586 g/mol. The number of nitrogens with one attached hydrogen (secondary N) is 1. The van der Waals surface area contributed by atoms with Crippen LogP contribution in [0.2, 0.25) is 0 Å². The van der Waals surface area contributed by atoms with E-state index in [0.717, 1.165) is 24.2 Å². The van der Waals surface area contributed by atoms with Crippen LogP contribution >= 0.6 is 11.3 Å². The summed E-state index contributed by atoms with van der Waals surface area (Å²) in [5.41, 5.74) is 0.624. The number of amides is 1. The first-order valence-corrected chi connectivity index (χ1v) is 15.5. The first-order valence-electron chi connectivity index (χ1n) is 13.1. The van der Waals surface area contributed by atoms with Crippen LogP contribution in [-0.4, -0.2) is 55.0 Å². The number of ether oxygens (including phenoxy) is 3. The Bertz CT molecular complexity index is 1440. The van der Waals surface area contributed by atoms with E-state index in [4.69, 9.17) is 14.2 Å². The zero-order valence-corrected chi connectivity index (χ0v) is 23.3. The van der Waals surface area contributed by atoms with Gasteiger partial charge in [-0.05, 0) is 61.6 Å². The molecule has 40 heavy (non-hydrogen) atoms. The van der Waals surface area contributed by atoms with E-state index < -0.39 is 27.8 Å². The van der Waals surface area contributed by atoms with Crippen LogP contribution in [0, 0.1) is 0 Å². The van der Waals surface area contributed by atoms with Gasteiger partial charge in [0.15, 0.2) is 21.1 Å². The second-order valence-corrected chi connectivity index (χ2v) is 13.0. The largest absolute Gasteiger partial charge is 0.478 e. The molecular formula is C28H30N2O8S2. The Morgan fingerprint density at radius 2 is 1.77 bits per heavy atom. The smallest absolute Gasteiger partial charge is 0.335 e. The molecule has 1 aliphatic carbocycles. The summed E-state index contributed by atoms with van der Waals surface area (Å²) in [5.74, 6) is -1.19. The van der Waals surface area contributed by atoms with Crippen LogP contribution < -0.4 is 10.1 Å². The number of anilines is 1. The lowest BCUT2D eigenvalue weighted by atomic mass is 10.1. The number of rotatable bonds is 10. The third kappa shape index (κ3) is 6.69. The van der Waals surface area contributed by atoms with Crippen molar-refractivity contribution in [2.24, 2.45) is 0 Å². The topological polar surface area (TPSA) is 141 Å². The molecule has 5 rings (SSSR count). The van der Waals surface area contributed by atoms with Crippen molar-refractivity contribution in [1.29, 1.82) is 0 Å². The van der Waals surface area contributed by atoms with E-state index in [1.165, 1.54) is 18.3 Å². The number of thiazole rings is 1. The predicted molar refractivity (Wildman–Crippen MR) is 148 cm³/mol. The average molecular weight is 587 g/mol. The van der Waals surface area contributed by atoms with Gasteiger partial charge in [0.05, 0.1) is 28.0 Å².